The number of benzene rings is 3. The molecule has 3 aromatic carbocycles. The van der Waals surface area contributed by atoms with Gasteiger partial charge in [-0.05, 0) is 37.5 Å². The summed E-state index contributed by atoms with van der Waals surface area (Å²) in [6.07, 6.45) is 0.868. The number of nitro groups is 1. The van der Waals surface area contributed by atoms with Crippen LogP contribution in [0, 0.1) is 10.1 Å². The first-order chi connectivity index (χ1) is 19.3. The highest BCUT2D eigenvalue weighted by atomic mass is 16.6. The van der Waals surface area contributed by atoms with Crippen molar-refractivity contribution in [1.82, 2.24) is 4.90 Å². The van der Waals surface area contributed by atoms with Gasteiger partial charge in [0.2, 0.25) is 5.91 Å². The number of fused-ring (bicyclic) bond motifs is 1. The highest BCUT2D eigenvalue weighted by Crippen LogP contribution is 2.43. The zero-order chi connectivity index (χ0) is 29.1. The van der Waals surface area contributed by atoms with Gasteiger partial charge in [-0.2, -0.15) is 0 Å². The van der Waals surface area contributed by atoms with Crippen LogP contribution in [-0.2, 0) is 27.3 Å². The van der Waals surface area contributed by atoms with Crippen molar-refractivity contribution in [2.24, 2.45) is 0 Å². The lowest BCUT2D eigenvalue weighted by molar-refractivity contribution is -0.384. The van der Waals surface area contributed by atoms with Crippen molar-refractivity contribution in [2.45, 2.75) is 45.3 Å². The van der Waals surface area contributed by atoms with Crippen LogP contribution >= 0.6 is 0 Å². The van der Waals surface area contributed by atoms with E-state index in [1.165, 1.54) is 12.1 Å². The number of hydrogen-bond donors (Lipinski definition) is 1. The van der Waals surface area contributed by atoms with Crippen molar-refractivity contribution in [3.8, 4) is 11.5 Å². The molecule has 4 rings (SSSR count). The third kappa shape index (κ3) is 7.72. The van der Waals surface area contributed by atoms with Crippen molar-refractivity contribution < 1.29 is 28.7 Å². The minimum absolute atomic E-state index is 0.00416. The molecule has 1 aliphatic heterocycles. The van der Waals surface area contributed by atoms with Gasteiger partial charge in [0.25, 0.3) is 12.2 Å². The number of nitrogens with zero attached hydrogens (tertiary/aromatic N) is 2. The lowest BCUT2D eigenvalue weighted by Crippen LogP contribution is -2.40. The number of rotatable bonds is 10. The van der Waals surface area contributed by atoms with Crippen LogP contribution < -0.4 is 14.8 Å². The molecule has 2 atom stereocenters. The minimum atomic E-state index is -0.442. The van der Waals surface area contributed by atoms with E-state index < -0.39 is 4.92 Å². The summed E-state index contributed by atoms with van der Waals surface area (Å²) in [4.78, 5) is 35.4. The molecule has 0 saturated heterocycles. The minimum Gasteiger partial charge on any atom is -0.493 e. The van der Waals surface area contributed by atoms with E-state index in [-0.39, 0.29) is 30.1 Å². The third-order valence-electron chi connectivity index (χ3n) is 6.52. The van der Waals surface area contributed by atoms with E-state index in [9.17, 15) is 19.7 Å². The van der Waals surface area contributed by atoms with Crippen molar-refractivity contribution in [3.05, 3.63) is 93.5 Å². The Bertz CT molecular complexity index is 1280. The van der Waals surface area contributed by atoms with Crippen LogP contribution in [0.1, 0.15) is 43.0 Å². The second-order valence-electron chi connectivity index (χ2n) is 9.25. The Morgan fingerprint density at radius 3 is 2.25 bits per heavy atom. The van der Waals surface area contributed by atoms with Crippen LogP contribution in [0.5, 0.6) is 11.5 Å². The van der Waals surface area contributed by atoms with Crippen LogP contribution in [0.25, 0.3) is 0 Å². The first kappa shape index (κ1) is 29.9. The fraction of sp³-hybridized carbons (Fsp3) is 0.333. The van der Waals surface area contributed by atoms with E-state index >= 15 is 0 Å². The average Bonchev–Trinajstić information content (AvgIpc) is 2.96. The summed E-state index contributed by atoms with van der Waals surface area (Å²) in [5, 5.41) is 14.5. The molecule has 0 fully saturated rings. The maximum absolute atomic E-state index is 13.7. The monoisotopic (exact) mass is 549 g/mol. The highest BCUT2D eigenvalue weighted by Gasteiger charge is 2.33. The number of anilines is 1. The summed E-state index contributed by atoms with van der Waals surface area (Å²) in [5.41, 5.74) is 3.64. The predicted molar refractivity (Wildman–Crippen MR) is 151 cm³/mol. The molecule has 1 N–H and O–H groups in total. The van der Waals surface area contributed by atoms with Gasteiger partial charge in [0.15, 0.2) is 11.5 Å². The Balaban J connectivity index is 0.000000810. The molecule has 10 nitrogen and oxygen atoms in total. The lowest BCUT2D eigenvalue weighted by Gasteiger charge is -2.39. The van der Waals surface area contributed by atoms with Crippen LogP contribution in [0.4, 0.5) is 11.4 Å². The summed E-state index contributed by atoms with van der Waals surface area (Å²) in [7, 11) is 3.20. The SMILES string of the molecule is CCOC=O.COc1cc2c(cc1OC)[C@H](N(Cc1ccccc1)C(=O)Cc1ccc([N+](=O)[O-])cc1)C[C@H](C)N2. The Kier molecular flexibility index (Phi) is 10.9. The molecule has 0 saturated carbocycles. The smallest absolute Gasteiger partial charge is 0.293 e. The third-order valence-corrected chi connectivity index (χ3v) is 6.52. The van der Waals surface area contributed by atoms with Gasteiger partial charge in [-0.25, -0.2) is 0 Å². The molecule has 1 heterocycles. The largest absolute Gasteiger partial charge is 0.493 e. The lowest BCUT2D eigenvalue weighted by atomic mass is 9.91. The van der Waals surface area contributed by atoms with Crippen molar-refractivity contribution >= 4 is 23.8 Å². The van der Waals surface area contributed by atoms with Crippen molar-refractivity contribution in [3.63, 3.8) is 0 Å². The quantitative estimate of drug-likeness (QED) is 0.205. The maximum Gasteiger partial charge on any atom is 0.293 e. The Morgan fingerprint density at radius 1 is 1.05 bits per heavy atom. The van der Waals surface area contributed by atoms with E-state index in [2.05, 4.69) is 17.0 Å². The Labute approximate surface area is 234 Å². The first-order valence-electron chi connectivity index (χ1n) is 13.0. The second-order valence-corrected chi connectivity index (χ2v) is 9.25. The van der Waals surface area contributed by atoms with Crippen LogP contribution in [-0.4, -0.2) is 49.1 Å². The van der Waals surface area contributed by atoms with Crippen LogP contribution in [0.3, 0.4) is 0 Å². The van der Waals surface area contributed by atoms with E-state index in [0.29, 0.717) is 31.1 Å². The van der Waals surface area contributed by atoms with Gasteiger partial charge in [0.1, 0.15) is 0 Å². The molecule has 0 bridgehead atoms. The van der Waals surface area contributed by atoms with Crippen molar-refractivity contribution in [1.29, 1.82) is 0 Å². The topological polar surface area (TPSA) is 120 Å². The van der Waals surface area contributed by atoms with E-state index in [1.807, 2.05) is 47.4 Å². The highest BCUT2D eigenvalue weighted by molar-refractivity contribution is 5.80. The Hall–Kier alpha value is -4.60. The zero-order valence-corrected chi connectivity index (χ0v) is 23.2. The normalized spacial score (nSPS) is 15.3. The molecule has 1 amide bonds. The van der Waals surface area contributed by atoms with Crippen LogP contribution in [0.2, 0.25) is 0 Å². The van der Waals surface area contributed by atoms with Crippen molar-refractivity contribution in [2.75, 3.05) is 26.1 Å². The standard InChI is InChI=1S/C27H29N3O5.C3H6O2/c1-18-13-24(22-15-25(34-2)26(35-3)16-23(22)28-18)29(17-20-7-5-4-6-8-20)27(31)14-19-9-11-21(12-10-19)30(32)33;1-2-5-3-4/h4-12,15-16,18,24,28H,13-14,17H2,1-3H3;3H,2H2,1H3/t18-,24+;/m0./s1. The number of carbonyl (C=O) groups excluding carboxylic acids is 2. The molecule has 1 aliphatic rings. The fourth-order valence-electron chi connectivity index (χ4n) is 4.61. The average molecular weight is 550 g/mol. The molecule has 40 heavy (non-hydrogen) atoms. The molecule has 0 radical (unpaired) electrons. The van der Waals surface area contributed by atoms with Gasteiger partial charge >= 0.3 is 0 Å². The number of methoxy groups -OCH3 is 2. The number of non-ortho nitro benzene ring substituents is 1. The zero-order valence-electron chi connectivity index (χ0n) is 23.2. The molecule has 3 aromatic rings. The summed E-state index contributed by atoms with van der Waals surface area (Å²) in [6.45, 7) is 5.20. The summed E-state index contributed by atoms with van der Waals surface area (Å²) >= 11 is 0. The number of nitrogens with one attached hydrogen (secondary N) is 1. The van der Waals surface area contributed by atoms with E-state index in [1.54, 1.807) is 33.3 Å². The Morgan fingerprint density at radius 2 is 1.70 bits per heavy atom. The predicted octanol–water partition coefficient (Wildman–Crippen LogP) is 5.31. The second kappa shape index (κ2) is 14.5. The van der Waals surface area contributed by atoms with E-state index in [4.69, 9.17) is 9.47 Å². The van der Waals surface area contributed by atoms with Gasteiger partial charge in [-0.3, -0.25) is 19.7 Å². The number of amides is 1. The molecule has 0 unspecified atom stereocenters. The molecular weight excluding hydrogens is 514 g/mol. The fourth-order valence-corrected chi connectivity index (χ4v) is 4.61. The molecule has 10 heteroatoms. The van der Waals surface area contributed by atoms with E-state index in [0.717, 1.165) is 28.8 Å². The summed E-state index contributed by atoms with van der Waals surface area (Å²) in [5.74, 6) is 1.18. The van der Waals surface area contributed by atoms with Gasteiger partial charge < -0.3 is 24.4 Å². The molecule has 0 aromatic heterocycles. The summed E-state index contributed by atoms with van der Waals surface area (Å²) in [6, 6.07) is 19.8. The van der Waals surface area contributed by atoms with Gasteiger partial charge in [0, 0.05) is 42.0 Å². The first-order valence-corrected chi connectivity index (χ1v) is 13.0. The van der Waals surface area contributed by atoms with Crippen LogP contribution in [0.15, 0.2) is 66.7 Å². The number of carbonyl (C=O) groups is 2. The maximum atomic E-state index is 13.7. The molecule has 212 valence electrons. The molecular formula is C30H35N3O7. The molecule has 0 aliphatic carbocycles. The number of hydrogen-bond acceptors (Lipinski definition) is 8. The number of ether oxygens (including phenoxy) is 3. The van der Waals surface area contributed by atoms with Gasteiger partial charge in [0.05, 0.1) is 38.2 Å². The van der Waals surface area contributed by atoms with Gasteiger partial charge in [-0.15, -0.1) is 0 Å². The molecule has 0 spiro atoms. The summed E-state index contributed by atoms with van der Waals surface area (Å²) < 4.78 is 15.2. The van der Waals surface area contributed by atoms with Gasteiger partial charge in [-0.1, -0.05) is 42.5 Å². The number of nitro benzene ring substituents is 1.